The highest BCUT2D eigenvalue weighted by atomic mass is 32.2. The van der Waals surface area contributed by atoms with Gasteiger partial charge in [-0.05, 0) is 54.4 Å². The smallest absolute Gasteiger partial charge is 0.255 e. The third-order valence-electron chi connectivity index (χ3n) is 8.64. The number of nitrogens with zero attached hydrogens (tertiary/aromatic N) is 6. The minimum absolute atomic E-state index is 0.264. The summed E-state index contributed by atoms with van der Waals surface area (Å²) in [6, 6.07) is 17.6. The van der Waals surface area contributed by atoms with Crippen molar-refractivity contribution in [1.29, 1.82) is 0 Å². The first-order valence-electron chi connectivity index (χ1n) is 14.5. The van der Waals surface area contributed by atoms with E-state index in [1.54, 1.807) is 36.7 Å². The van der Waals surface area contributed by atoms with E-state index in [0.717, 1.165) is 27.3 Å². The molecule has 5 aromatic heterocycles. The summed E-state index contributed by atoms with van der Waals surface area (Å²) >= 11 is 0. The molecule has 8 rings (SSSR count). The van der Waals surface area contributed by atoms with E-state index in [0.29, 0.717) is 63.0 Å². The van der Waals surface area contributed by atoms with Crippen molar-refractivity contribution >= 4 is 49.0 Å². The van der Waals surface area contributed by atoms with Crippen LogP contribution in [0.4, 0.5) is 10.1 Å². The standard InChI is InChI=1S/C33H26FN7O4S/c1-35-33(42)30-21-14-20(24-10-9-18-11-13-40-25-7-4-6-23(34)19(25)15-28(40)31(18)38-24)27(39(2)46(3,43)44)16-29(21)45-32(30)22-17-37-41-26(22)8-5-12-36-41/h4-10,12,14-17H,11,13H2,1-3H3,(H,35,42). The van der Waals surface area contributed by atoms with Gasteiger partial charge in [0.1, 0.15) is 11.4 Å². The van der Waals surface area contributed by atoms with Gasteiger partial charge in [-0.1, -0.05) is 12.1 Å². The van der Waals surface area contributed by atoms with Crippen molar-refractivity contribution in [2.75, 3.05) is 24.7 Å². The van der Waals surface area contributed by atoms with Crippen LogP contribution in [0.5, 0.6) is 0 Å². The Bertz CT molecular complexity index is 2510. The van der Waals surface area contributed by atoms with Gasteiger partial charge in [-0.2, -0.15) is 14.8 Å². The van der Waals surface area contributed by atoms with Gasteiger partial charge in [0.15, 0.2) is 5.76 Å². The van der Waals surface area contributed by atoms with E-state index in [1.165, 1.54) is 24.8 Å². The van der Waals surface area contributed by atoms with Gasteiger partial charge in [0, 0.05) is 49.2 Å². The van der Waals surface area contributed by atoms with E-state index in [-0.39, 0.29) is 17.1 Å². The second-order valence-electron chi connectivity index (χ2n) is 11.2. The van der Waals surface area contributed by atoms with Gasteiger partial charge < -0.3 is 14.3 Å². The number of halogens is 1. The van der Waals surface area contributed by atoms with Crippen LogP contribution in [0.15, 0.2) is 77.5 Å². The maximum atomic E-state index is 14.8. The quantitative estimate of drug-likeness (QED) is 0.273. The molecule has 1 aliphatic heterocycles. The lowest BCUT2D eigenvalue weighted by atomic mass is 9.99. The number of sulfonamides is 1. The fourth-order valence-electron chi connectivity index (χ4n) is 6.30. The number of pyridine rings is 1. The van der Waals surface area contributed by atoms with Crippen LogP contribution in [0.25, 0.3) is 61.4 Å². The molecule has 0 saturated heterocycles. The fraction of sp³-hybridized carbons (Fsp3) is 0.152. The maximum absolute atomic E-state index is 14.8. The molecule has 0 radical (unpaired) electrons. The summed E-state index contributed by atoms with van der Waals surface area (Å²) in [5, 5.41) is 12.2. The highest BCUT2D eigenvalue weighted by Crippen LogP contribution is 2.43. The van der Waals surface area contributed by atoms with Gasteiger partial charge in [0.25, 0.3) is 5.91 Å². The normalized spacial score (nSPS) is 12.9. The van der Waals surface area contributed by atoms with Crippen LogP contribution < -0.4 is 9.62 Å². The van der Waals surface area contributed by atoms with Crippen LogP contribution in [0.1, 0.15) is 15.9 Å². The molecule has 0 fully saturated rings. The number of nitrogens with one attached hydrogen (secondary N) is 1. The Morgan fingerprint density at radius 3 is 2.65 bits per heavy atom. The lowest BCUT2D eigenvalue weighted by molar-refractivity contribution is 0.0964. The van der Waals surface area contributed by atoms with E-state index in [4.69, 9.17) is 9.40 Å². The van der Waals surface area contributed by atoms with Gasteiger partial charge in [0.2, 0.25) is 10.0 Å². The Labute approximate surface area is 261 Å². The number of rotatable bonds is 5. The van der Waals surface area contributed by atoms with E-state index < -0.39 is 15.9 Å². The van der Waals surface area contributed by atoms with E-state index >= 15 is 0 Å². The number of benzene rings is 2. The SMILES string of the molecule is CNC(=O)c1c(-c2cnn3ncccc23)oc2cc(N(C)S(C)(=O)=O)c(-c3ccc4c(n3)-c3cc5c(F)cccc5n3CC4)cc12. The van der Waals surface area contributed by atoms with Crippen LogP contribution in [-0.2, 0) is 23.0 Å². The van der Waals surface area contributed by atoms with Gasteiger partial charge in [-0.3, -0.25) is 9.10 Å². The molecule has 6 heterocycles. The zero-order chi connectivity index (χ0) is 31.9. The van der Waals surface area contributed by atoms with Crippen molar-refractivity contribution in [3.8, 4) is 34.0 Å². The van der Waals surface area contributed by atoms with Gasteiger partial charge in [-0.25, -0.2) is 17.8 Å². The van der Waals surface area contributed by atoms with Crippen molar-refractivity contribution in [3.63, 3.8) is 0 Å². The molecule has 1 N–H and O–H groups in total. The first kappa shape index (κ1) is 28.0. The number of furan rings is 1. The van der Waals surface area contributed by atoms with Crippen molar-refractivity contribution in [3.05, 3.63) is 90.0 Å². The lowest BCUT2D eigenvalue weighted by Gasteiger charge is -2.23. The van der Waals surface area contributed by atoms with Crippen LogP contribution in [0.3, 0.4) is 0 Å². The van der Waals surface area contributed by atoms with Gasteiger partial charge >= 0.3 is 0 Å². The summed E-state index contributed by atoms with van der Waals surface area (Å²) in [4.78, 5) is 18.5. The number of amides is 1. The molecule has 13 heteroatoms. The molecular weight excluding hydrogens is 609 g/mol. The van der Waals surface area contributed by atoms with E-state index in [9.17, 15) is 17.6 Å². The predicted octanol–water partition coefficient (Wildman–Crippen LogP) is 5.28. The molecule has 0 saturated carbocycles. The van der Waals surface area contributed by atoms with Crippen LogP contribution in [0, 0.1) is 5.82 Å². The Kier molecular flexibility index (Phi) is 6.06. The Morgan fingerprint density at radius 1 is 1.02 bits per heavy atom. The van der Waals surface area contributed by atoms with Crippen molar-refractivity contribution in [2.24, 2.45) is 0 Å². The minimum atomic E-state index is -3.72. The molecule has 2 aromatic carbocycles. The molecule has 230 valence electrons. The molecule has 1 aliphatic rings. The molecule has 1 amide bonds. The van der Waals surface area contributed by atoms with Gasteiger partial charge in [0.05, 0.1) is 57.4 Å². The number of hydrogen-bond donors (Lipinski definition) is 1. The molecule has 0 spiro atoms. The van der Waals surface area contributed by atoms with Gasteiger partial charge in [-0.15, -0.1) is 0 Å². The number of fused-ring (bicyclic) bond motifs is 7. The summed E-state index contributed by atoms with van der Waals surface area (Å²) in [5.74, 6) is -0.427. The Morgan fingerprint density at radius 2 is 1.85 bits per heavy atom. The zero-order valence-electron chi connectivity index (χ0n) is 24.9. The Balaban J connectivity index is 1.40. The van der Waals surface area contributed by atoms with Crippen LogP contribution in [0.2, 0.25) is 0 Å². The number of carbonyl (C=O) groups excluding carboxylic acids is 1. The summed E-state index contributed by atoms with van der Waals surface area (Å²) < 4.78 is 51.5. The highest BCUT2D eigenvalue weighted by Gasteiger charge is 2.29. The van der Waals surface area contributed by atoms with Crippen LogP contribution in [-0.4, -0.2) is 59.1 Å². The van der Waals surface area contributed by atoms with Crippen molar-refractivity contribution in [2.45, 2.75) is 13.0 Å². The second kappa shape index (κ2) is 9.97. The highest BCUT2D eigenvalue weighted by molar-refractivity contribution is 7.92. The summed E-state index contributed by atoms with van der Waals surface area (Å²) in [6.45, 7) is 0.677. The van der Waals surface area contributed by atoms with E-state index in [1.807, 2.05) is 30.3 Å². The average Bonchev–Trinajstić information content (AvgIpc) is 3.76. The molecule has 11 nitrogen and oxygen atoms in total. The third-order valence-corrected chi connectivity index (χ3v) is 9.83. The average molecular weight is 636 g/mol. The molecule has 0 unspecified atom stereocenters. The second-order valence-corrected chi connectivity index (χ2v) is 13.3. The lowest BCUT2D eigenvalue weighted by Crippen LogP contribution is -2.25. The number of anilines is 1. The number of aryl methyl sites for hydroxylation is 2. The summed E-state index contributed by atoms with van der Waals surface area (Å²) in [7, 11) is -0.734. The van der Waals surface area contributed by atoms with Crippen molar-refractivity contribution in [1.82, 2.24) is 29.7 Å². The molecule has 7 aromatic rings. The Hall–Kier alpha value is -5.56. The van der Waals surface area contributed by atoms with Crippen LogP contribution >= 0.6 is 0 Å². The summed E-state index contributed by atoms with van der Waals surface area (Å²) in [5.41, 5.74) is 6.27. The minimum Gasteiger partial charge on any atom is -0.455 e. The maximum Gasteiger partial charge on any atom is 0.255 e. The third kappa shape index (κ3) is 4.11. The molecular formula is C33H26FN7O4S. The number of aromatic nitrogens is 5. The molecule has 0 atom stereocenters. The summed E-state index contributed by atoms with van der Waals surface area (Å²) in [6.07, 6.45) is 4.99. The monoisotopic (exact) mass is 635 g/mol. The number of carbonyl (C=O) groups is 1. The van der Waals surface area contributed by atoms with Crippen molar-refractivity contribution < 1.29 is 22.0 Å². The molecule has 0 aliphatic carbocycles. The number of hydrogen-bond acceptors (Lipinski definition) is 7. The first-order chi connectivity index (χ1) is 22.1. The topological polar surface area (TPSA) is 128 Å². The largest absolute Gasteiger partial charge is 0.455 e. The zero-order valence-corrected chi connectivity index (χ0v) is 25.8. The predicted molar refractivity (Wildman–Crippen MR) is 173 cm³/mol. The molecule has 0 bridgehead atoms. The van der Waals surface area contributed by atoms with E-state index in [2.05, 4.69) is 20.1 Å². The first-order valence-corrected chi connectivity index (χ1v) is 16.3. The molecule has 46 heavy (non-hydrogen) atoms. The fourth-order valence-corrected chi connectivity index (χ4v) is 6.81.